The average molecular weight is 2270 g/mol. The van der Waals surface area contributed by atoms with Gasteiger partial charge >= 0.3 is 13.1 Å². The normalized spacial score (nSPS) is 13.2. The van der Waals surface area contributed by atoms with Gasteiger partial charge in [0.05, 0.1) is 83.3 Å². The van der Waals surface area contributed by atoms with Gasteiger partial charge in [0, 0.05) is 128 Å². The Kier molecular flexibility index (Phi) is 44.6. The van der Waals surface area contributed by atoms with E-state index in [1.54, 1.807) is 128 Å². The summed E-state index contributed by atoms with van der Waals surface area (Å²) in [4.78, 5) is 144. The number of aliphatic hydroxyl groups is 1. The van der Waals surface area contributed by atoms with E-state index in [2.05, 4.69) is 140 Å². The number of carbonyl (C=O) groups is 10. The molecule has 8 N–H and O–H groups in total. The number of halogens is 9. The highest BCUT2D eigenvalue weighted by atomic mass is 79.9. The van der Waals surface area contributed by atoms with E-state index in [0.717, 1.165) is 120 Å². The lowest BCUT2D eigenvalue weighted by atomic mass is 9.80. The highest BCUT2D eigenvalue weighted by Crippen LogP contribution is 2.42. The summed E-state index contributed by atoms with van der Waals surface area (Å²) in [7, 11) is -0.120. The number of nitrogens with zero attached hydrogens (tertiary/aromatic N) is 7. The zero-order valence-electron chi connectivity index (χ0n) is 79.0. The molecule has 4 amide bonds. The number of anilines is 3. The topological polar surface area (TPSA) is 432 Å². The molecule has 38 heteroatoms. The maximum absolute atomic E-state index is 12.0. The fraction of sp³-hybridized carbons (Fsp3) is 0.418. The molecular weight excluding hydrogens is 2160 g/mol. The number of esters is 1. The lowest BCUT2D eigenvalue weighted by Gasteiger charge is -2.26. The molecule has 0 bridgehead atoms. The van der Waals surface area contributed by atoms with Crippen LogP contribution in [0.25, 0.3) is 22.3 Å². The number of furan rings is 3. The number of Topliss-reactive ketones (excluding diaryl/α,β-unsaturated/α-hetero) is 5. The first-order valence-electron chi connectivity index (χ1n) is 43.3. The fourth-order valence-electron chi connectivity index (χ4n) is 13.7. The van der Waals surface area contributed by atoms with Crippen molar-refractivity contribution in [3.63, 3.8) is 0 Å². The van der Waals surface area contributed by atoms with Crippen LogP contribution in [0.1, 0.15) is 246 Å². The van der Waals surface area contributed by atoms with Crippen LogP contribution >= 0.6 is 126 Å². The highest BCUT2D eigenvalue weighted by Gasteiger charge is 2.37. The number of nitrogens with one attached hydrogen (secondary N) is 3. The molecule has 0 saturated heterocycles. The van der Waals surface area contributed by atoms with Gasteiger partial charge in [-0.15, -0.1) is 0 Å². The van der Waals surface area contributed by atoms with Crippen LogP contribution < -0.4 is 27.1 Å². The van der Waals surface area contributed by atoms with Crippen LogP contribution in [0.15, 0.2) is 176 Å². The van der Waals surface area contributed by atoms with Gasteiger partial charge in [-0.25, -0.2) is 39.7 Å². The van der Waals surface area contributed by atoms with E-state index in [1.165, 1.54) is 25.7 Å². The molecule has 4 fully saturated rings. The van der Waals surface area contributed by atoms with Crippen LogP contribution in [0.4, 0.5) is 17.5 Å². The number of nitrogens with two attached hydrogens (primary N) is 1. The first-order chi connectivity index (χ1) is 63.3. The van der Waals surface area contributed by atoms with Crippen molar-refractivity contribution in [2.45, 2.75) is 234 Å². The van der Waals surface area contributed by atoms with E-state index in [4.69, 9.17) is 71.0 Å². The molecule has 0 atom stereocenters. The van der Waals surface area contributed by atoms with Gasteiger partial charge in [0.15, 0.2) is 5.69 Å². The summed E-state index contributed by atoms with van der Waals surface area (Å²) in [5, 5.41) is 36.6. The summed E-state index contributed by atoms with van der Waals surface area (Å²) < 4.78 is 23.4. The number of pyridine rings is 7. The Balaban J connectivity index is 0.000000241. The van der Waals surface area contributed by atoms with Crippen molar-refractivity contribution in [3.8, 4) is 22.3 Å². The summed E-state index contributed by atoms with van der Waals surface area (Å²) in [5.41, 5.74) is 10.8. The molecule has 14 rings (SSSR count). The van der Waals surface area contributed by atoms with E-state index < -0.39 is 29.5 Å². The number of hydrogen-bond donors (Lipinski definition) is 7. The van der Waals surface area contributed by atoms with Crippen molar-refractivity contribution in [1.82, 2.24) is 34.9 Å². The summed E-state index contributed by atoms with van der Waals surface area (Å²) in [6.45, 7) is 31.1. The molecule has 730 valence electrons. The fourth-order valence-corrected chi connectivity index (χ4v) is 17.7. The van der Waals surface area contributed by atoms with Gasteiger partial charge in [0.2, 0.25) is 23.6 Å². The molecule has 0 radical (unpaired) electrons. The molecule has 10 aromatic rings. The third-order valence-corrected chi connectivity index (χ3v) is 24.6. The molecular formula is C98H115BBr5Cl4N11O17. The summed E-state index contributed by atoms with van der Waals surface area (Å²) in [6.07, 6.45) is 19.1. The first kappa shape index (κ1) is 116. The SMILES string of the molecule is CC(=O)CC(C)(C)c1nc(Cl)ccc1Br.CC(=O)CC(C)(C)c1nc(Cl)ccc1Br.CC(=O)CC(C)(C)c1nc(NC(=O)C2CC2)ccc1-c1ccoc1.CC(=O)CC(C)(C)c1nc(NC(=O)C2CC2)ccc1-c1ccoc1.CC(=O)CC(C)(C)c1nc(NC(=O)C2CC2)ccc1Br.CC(C)(O)c1nc(Cl)ccc1Br.COC(=O)c1nc(Cl)ccc1Br.NC(=O)C1CC1.OB(O)c1ccoc1. The predicted octanol–water partition coefficient (Wildman–Crippen LogP) is 22.7. The Bertz CT molecular complexity index is 5600. The number of aromatic nitrogens is 7. The Morgan fingerprint density at radius 2 is 0.654 bits per heavy atom. The molecule has 28 nitrogen and oxygen atoms in total. The molecule has 0 unspecified atom stereocenters. The van der Waals surface area contributed by atoms with Crippen molar-refractivity contribution < 1.29 is 81.1 Å². The van der Waals surface area contributed by atoms with Gasteiger partial charge < -0.3 is 54.8 Å². The van der Waals surface area contributed by atoms with Crippen LogP contribution in [-0.4, -0.2) is 123 Å². The quantitative estimate of drug-likeness (QED) is 0.0143. The van der Waals surface area contributed by atoms with Crippen molar-refractivity contribution in [2.75, 3.05) is 23.1 Å². The Labute approximate surface area is 855 Å². The maximum atomic E-state index is 12.0. The van der Waals surface area contributed by atoms with Gasteiger partial charge in [-0.05, 0) is 283 Å². The third kappa shape index (κ3) is 39.1. The Hall–Kier alpha value is -8.91. The van der Waals surface area contributed by atoms with E-state index in [1.807, 2.05) is 112 Å². The highest BCUT2D eigenvalue weighted by molar-refractivity contribution is 9.11. The molecule has 4 aliphatic carbocycles. The molecule has 10 heterocycles. The molecule has 4 saturated carbocycles. The van der Waals surface area contributed by atoms with Gasteiger partial charge in [0.25, 0.3) is 0 Å². The van der Waals surface area contributed by atoms with Crippen molar-refractivity contribution in [1.29, 1.82) is 0 Å². The second-order valence-electron chi connectivity index (χ2n) is 36.9. The molecule has 10 aromatic heterocycles. The van der Waals surface area contributed by atoms with Gasteiger partial charge in [-0.2, -0.15) is 0 Å². The second-order valence-corrected chi connectivity index (χ2v) is 42.7. The largest absolute Gasteiger partial charge is 0.491 e. The lowest BCUT2D eigenvalue weighted by Crippen LogP contribution is -2.27. The van der Waals surface area contributed by atoms with Crippen LogP contribution in [-0.2, 0) is 80.6 Å². The number of carbonyl (C=O) groups excluding carboxylic acids is 10. The monoisotopic (exact) mass is 2260 g/mol. The lowest BCUT2D eigenvalue weighted by molar-refractivity contribution is -0.119. The second kappa shape index (κ2) is 52.4. The number of ketones is 5. The van der Waals surface area contributed by atoms with Crippen LogP contribution in [0, 0.1) is 23.7 Å². The first-order valence-corrected chi connectivity index (χ1v) is 48.8. The van der Waals surface area contributed by atoms with Crippen molar-refractivity contribution >= 4 is 215 Å². The number of ether oxygens (including phenoxy) is 1. The van der Waals surface area contributed by atoms with Gasteiger partial charge in [-0.1, -0.05) is 116 Å². The van der Waals surface area contributed by atoms with Crippen LogP contribution in [0.3, 0.4) is 0 Å². The Morgan fingerprint density at radius 1 is 0.382 bits per heavy atom. The van der Waals surface area contributed by atoms with Crippen molar-refractivity contribution in [3.05, 3.63) is 224 Å². The Morgan fingerprint density at radius 3 is 0.912 bits per heavy atom. The number of hydrogen-bond acceptors (Lipinski definition) is 24. The van der Waals surface area contributed by atoms with Gasteiger partial charge in [-0.3, -0.25) is 43.2 Å². The predicted molar refractivity (Wildman–Crippen MR) is 546 cm³/mol. The van der Waals surface area contributed by atoms with Crippen LogP contribution in [0.5, 0.6) is 0 Å². The molecule has 0 aromatic carbocycles. The number of amides is 4. The van der Waals surface area contributed by atoms with E-state index in [-0.39, 0.29) is 103 Å². The summed E-state index contributed by atoms with van der Waals surface area (Å²) in [5.74, 6) is 2.31. The zero-order valence-corrected chi connectivity index (χ0v) is 90.0. The van der Waals surface area contributed by atoms with E-state index in [0.29, 0.717) is 80.6 Å². The number of methoxy groups -OCH3 is 1. The van der Waals surface area contributed by atoms with Crippen LogP contribution in [0.2, 0.25) is 20.6 Å². The average Bonchev–Trinajstić information content (AvgIpc) is 1.22. The van der Waals surface area contributed by atoms with Gasteiger partial charge in [0.1, 0.15) is 72.6 Å². The number of primary amides is 1. The summed E-state index contributed by atoms with van der Waals surface area (Å²) in [6, 6.07) is 30.1. The minimum Gasteiger partial charge on any atom is -0.473 e. The maximum Gasteiger partial charge on any atom is 0.491 e. The standard InChI is InChI=1S/2C19H22N2O3.C15H19BrN2O2.2C11H13BrClNO.C8H9BrClNO.C7H5BrClNO2.C4H5BO3.C4H7NO/c2*1-12(22)10-19(2,3)17-15(14-8-9-24-11-14)6-7-16(20-17)21-18(23)13-4-5-13;1-9(19)8-15(2,3)13-11(16)6-7-12(17-13)18-14(20)10-4-5-10;2*1-7(15)6-11(2,3)10-8(12)4-5-9(13)14-10;1-8(2,12)7-5(9)3-4-6(10)11-7;1-12-7(11)6-4(8)2-3-5(9)10-6;6-5(7)4-1-2-8-3-4;5-4(6)3-1-2-3/h2*6-9,11,13H,4-5,10H2,1-3H3,(H,20,21,23);6-7,10H,4-5,8H2,1-3H3,(H,17,18,20);2*4-5H,6H2,1-3H3;3-4,12H,1-2H3;2-3H,1H3;1-3,6-7H;3H,1-2H2,(H2,5,6). The third-order valence-electron chi connectivity index (χ3n) is 20.6. The molecule has 0 aliphatic heterocycles. The molecule has 136 heavy (non-hydrogen) atoms. The van der Waals surface area contributed by atoms with E-state index >= 15 is 0 Å². The number of rotatable bonds is 27. The minimum absolute atomic E-state index is 0.0221. The minimum atomic E-state index is -1.41. The summed E-state index contributed by atoms with van der Waals surface area (Å²) >= 11 is 39.7. The van der Waals surface area contributed by atoms with Crippen molar-refractivity contribution in [2.24, 2.45) is 29.4 Å². The molecule has 4 aliphatic rings. The zero-order chi connectivity index (χ0) is 102. The smallest absolute Gasteiger partial charge is 0.473 e. The van der Waals surface area contributed by atoms with E-state index in [9.17, 15) is 53.1 Å². The molecule has 0 spiro atoms.